The Balaban J connectivity index is 2.93. The quantitative estimate of drug-likeness (QED) is 0.761. The number of halogens is 1. The molecule has 0 aliphatic heterocycles. The number of thioether (sulfide) groups is 1. The average molecular weight is 260 g/mol. The van der Waals surface area contributed by atoms with Gasteiger partial charge >= 0.3 is 0 Å². The zero-order chi connectivity index (χ0) is 12.1. The van der Waals surface area contributed by atoms with Gasteiger partial charge in [-0.05, 0) is 31.2 Å². The fourth-order valence-electron chi connectivity index (χ4n) is 1.64. The van der Waals surface area contributed by atoms with E-state index in [0.717, 1.165) is 23.6 Å². The number of aryl methyl sites for hydroxylation is 1. The fraction of sp³-hybridized carbons (Fsp3) is 0.636. The molecule has 0 radical (unpaired) electrons. The molecule has 90 valence electrons. The summed E-state index contributed by atoms with van der Waals surface area (Å²) in [5.41, 5.74) is 1.06. The van der Waals surface area contributed by atoms with E-state index >= 15 is 0 Å². The molecule has 0 saturated heterocycles. The second-order valence-electron chi connectivity index (χ2n) is 3.77. The van der Waals surface area contributed by atoms with Crippen molar-refractivity contribution in [3.05, 3.63) is 17.0 Å². The molecule has 3 nitrogen and oxygen atoms in total. The van der Waals surface area contributed by atoms with Gasteiger partial charge in [-0.1, -0.05) is 6.92 Å². The second-order valence-corrected chi connectivity index (χ2v) is 5.02. The molecule has 0 bridgehead atoms. The van der Waals surface area contributed by atoms with E-state index in [-0.39, 0.29) is 0 Å². The number of anilines is 1. The van der Waals surface area contributed by atoms with Gasteiger partial charge in [0.2, 0.25) is 5.28 Å². The molecule has 1 unspecified atom stereocenters. The molecule has 1 rings (SSSR count). The maximum atomic E-state index is 5.83. The predicted molar refractivity (Wildman–Crippen MR) is 72.6 cm³/mol. The van der Waals surface area contributed by atoms with Crippen LogP contribution in [-0.4, -0.2) is 35.1 Å². The van der Waals surface area contributed by atoms with E-state index in [4.69, 9.17) is 11.6 Å². The minimum absolute atomic E-state index is 0.312. The summed E-state index contributed by atoms with van der Waals surface area (Å²) < 4.78 is 0. The Morgan fingerprint density at radius 2 is 2.25 bits per heavy atom. The summed E-state index contributed by atoms with van der Waals surface area (Å²) >= 11 is 7.68. The van der Waals surface area contributed by atoms with Crippen LogP contribution in [0.5, 0.6) is 0 Å². The van der Waals surface area contributed by atoms with Gasteiger partial charge in [0, 0.05) is 30.6 Å². The molecule has 0 N–H and O–H groups in total. The SMILES string of the molecule is CCC(CSC)N(C)c1nc(Cl)ncc1C. The van der Waals surface area contributed by atoms with Crippen LogP contribution in [0.3, 0.4) is 0 Å². The van der Waals surface area contributed by atoms with Crippen LogP contribution < -0.4 is 4.90 Å². The predicted octanol–water partition coefficient (Wildman–Crippen LogP) is 3.02. The summed E-state index contributed by atoms with van der Waals surface area (Å²) in [5, 5.41) is 0.312. The van der Waals surface area contributed by atoms with E-state index in [9.17, 15) is 0 Å². The second kappa shape index (κ2) is 6.30. The van der Waals surface area contributed by atoms with Gasteiger partial charge in [-0.2, -0.15) is 11.8 Å². The molecule has 0 saturated carbocycles. The van der Waals surface area contributed by atoms with Crippen LogP contribution in [0.4, 0.5) is 5.82 Å². The first-order valence-corrected chi connectivity index (χ1v) is 7.08. The van der Waals surface area contributed by atoms with Gasteiger partial charge < -0.3 is 4.90 Å². The normalized spacial score (nSPS) is 12.6. The standard InChI is InChI=1S/C11H18ClN3S/c1-5-9(7-16-4)15(3)10-8(2)6-13-11(12)14-10/h6,9H,5,7H2,1-4H3. The Morgan fingerprint density at radius 3 is 2.81 bits per heavy atom. The van der Waals surface area contributed by atoms with E-state index in [2.05, 4.69) is 35.1 Å². The topological polar surface area (TPSA) is 29.0 Å². The molecule has 1 heterocycles. The molecular formula is C11H18ClN3S. The summed E-state index contributed by atoms with van der Waals surface area (Å²) in [7, 11) is 2.07. The minimum Gasteiger partial charge on any atom is -0.356 e. The lowest BCUT2D eigenvalue weighted by atomic mass is 10.2. The average Bonchev–Trinajstić information content (AvgIpc) is 2.28. The van der Waals surface area contributed by atoms with Gasteiger partial charge in [0.05, 0.1) is 0 Å². The van der Waals surface area contributed by atoms with Crippen molar-refractivity contribution in [2.75, 3.05) is 24.0 Å². The number of aromatic nitrogens is 2. The first kappa shape index (κ1) is 13.6. The third-order valence-electron chi connectivity index (χ3n) is 2.63. The van der Waals surface area contributed by atoms with Crippen molar-refractivity contribution in [1.82, 2.24) is 9.97 Å². The highest BCUT2D eigenvalue weighted by Gasteiger charge is 2.16. The lowest BCUT2D eigenvalue weighted by Crippen LogP contribution is -2.34. The third-order valence-corrected chi connectivity index (χ3v) is 3.53. The van der Waals surface area contributed by atoms with Gasteiger partial charge in [-0.25, -0.2) is 9.97 Å². The van der Waals surface area contributed by atoms with Crippen molar-refractivity contribution < 1.29 is 0 Å². The molecule has 0 aliphatic carbocycles. The molecule has 5 heteroatoms. The van der Waals surface area contributed by atoms with Crippen molar-refractivity contribution in [1.29, 1.82) is 0 Å². The van der Waals surface area contributed by atoms with E-state index in [1.54, 1.807) is 6.20 Å². The molecule has 0 amide bonds. The summed E-state index contributed by atoms with van der Waals surface area (Å²) in [6, 6.07) is 0.486. The number of hydrogen-bond donors (Lipinski definition) is 0. The first-order chi connectivity index (χ1) is 7.60. The van der Waals surface area contributed by atoms with Crippen LogP contribution in [0.1, 0.15) is 18.9 Å². The molecule has 0 spiro atoms. The number of nitrogens with zero attached hydrogens (tertiary/aromatic N) is 3. The van der Waals surface area contributed by atoms with Crippen molar-refractivity contribution in [3.8, 4) is 0 Å². The molecule has 0 fully saturated rings. The van der Waals surface area contributed by atoms with Crippen LogP contribution in [-0.2, 0) is 0 Å². The van der Waals surface area contributed by atoms with Gasteiger partial charge in [0.25, 0.3) is 0 Å². The monoisotopic (exact) mass is 259 g/mol. The minimum atomic E-state index is 0.312. The van der Waals surface area contributed by atoms with Crippen LogP contribution >= 0.6 is 23.4 Å². The van der Waals surface area contributed by atoms with Crippen molar-refractivity contribution in [2.24, 2.45) is 0 Å². The van der Waals surface area contributed by atoms with Gasteiger partial charge in [0.1, 0.15) is 5.82 Å². The van der Waals surface area contributed by atoms with Gasteiger partial charge in [-0.3, -0.25) is 0 Å². The molecule has 1 aromatic rings. The lowest BCUT2D eigenvalue weighted by Gasteiger charge is -2.28. The number of rotatable bonds is 5. The van der Waals surface area contributed by atoms with Crippen molar-refractivity contribution in [3.63, 3.8) is 0 Å². The Hall–Kier alpha value is -0.480. The lowest BCUT2D eigenvalue weighted by molar-refractivity contribution is 0.663. The summed E-state index contributed by atoms with van der Waals surface area (Å²) in [6.07, 6.45) is 4.99. The van der Waals surface area contributed by atoms with Crippen molar-refractivity contribution >= 4 is 29.2 Å². The molecule has 1 aromatic heterocycles. The zero-order valence-electron chi connectivity index (χ0n) is 10.2. The smallest absolute Gasteiger partial charge is 0.224 e. The Labute approximate surface area is 107 Å². The summed E-state index contributed by atoms with van der Waals surface area (Å²) in [6.45, 7) is 4.20. The van der Waals surface area contributed by atoms with Crippen LogP contribution in [0, 0.1) is 6.92 Å². The highest BCUT2D eigenvalue weighted by Crippen LogP contribution is 2.21. The Kier molecular flexibility index (Phi) is 5.35. The first-order valence-electron chi connectivity index (χ1n) is 5.31. The molecule has 0 aliphatic rings. The molecule has 1 atom stereocenters. The molecule has 0 aromatic carbocycles. The van der Waals surface area contributed by atoms with E-state index in [0.29, 0.717) is 11.3 Å². The maximum Gasteiger partial charge on any atom is 0.224 e. The summed E-state index contributed by atoms with van der Waals surface area (Å²) in [4.78, 5) is 10.5. The maximum absolute atomic E-state index is 5.83. The molecule has 16 heavy (non-hydrogen) atoms. The number of hydrogen-bond acceptors (Lipinski definition) is 4. The van der Waals surface area contributed by atoms with E-state index in [1.807, 2.05) is 18.7 Å². The fourth-order valence-corrected chi connectivity index (χ4v) is 2.61. The Morgan fingerprint density at radius 1 is 1.56 bits per heavy atom. The van der Waals surface area contributed by atoms with Gasteiger partial charge in [0.15, 0.2) is 0 Å². The van der Waals surface area contributed by atoms with Gasteiger partial charge in [-0.15, -0.1) is 0 Å². The van der Waals surface area contributed by atoms with Crippen molar-refractivity contribution in [2.45, 2.75) is 26.3 Å². The summed E-state index contributed by atoms with van der Waals surface area (Å²) in [5.74, 6) is 2.02. The van der Waals surface area contributed by atoms with E-state index < -0.39 is 0 Å². The highest BCUT2D eigenvalue weighted by atomic mass is 35.5. The van der Waals surface area contributed by atoms with Crippen LogP contribution in [0.25, 0.3) is 0 Å². The van der Waals surface area contributed by atoms with E-state index in [1.165, 1.54) is 0 Å². The van der Waals surface area contributed by atoms with Crippen LogP contribution in [0.15, 0.2) is 6.20 Å². The zero-order valence-corrected chi connectivity index (χ0v) is 11.8. The molecular weight excluding hydrogens is 242 g/mol. The Bertz CT molecular complexity index is 346. The van der Waals surface area contributed by atoms with Crippen LogP contribution in [0.2, 0.25) is 5.28 Å². The highest BCUT2D eigenvalue weighted by molar-refractivity contribution is 7.98. The largest absolute Gasteiger partial charge is 0.356 e. The third kappa shape index (κ3) is 3.25.